The third kappa shape index (κ3) is 8.63. The van der Waals surface area contributed by atoms with E-state index < -0.39 is 0 Å². The van der Waals surface area contributed by atoms with E-state index in [-0.39, 0.29) is 0 Å². The van der Waals surface area contributed by atoms with Gasteiger partial charge in [-0.25, -0.2) is 0 Å². The second-order valence-electron chi connectivity index (χ2n) is 25.4. The highest BCUT2D eigenvalue weighted by atomic mass is 16.3. The van der Waals surface area contributed by atoms with Crippen LogP contribution in [0.15, 0.2) is 276 Å². The number of furan rings is 2. The average Bonchev–Trinajstić information content (AvgIpc) is 0.790. The lowest BCUT2D eigenvalue weighted by Crippen LogP contribution is -2.13. The highest BCUT2D eigenvalue weighted by molar-refractivity contribution is 6.29. The first-order valence-corrected chi connectivity index (χ1v) is 32.7. The van der Waals surface area contributed by atoms with Gasteiger partial charge in [0.15, 0.2) is 11.2 Å². The smallest absolute Gasteiger partial charge is 0.159 e. The van der Waals surface area contributed by atoms with Gasteiger partial charge in [0.1, 0.15) is 11.3 Å². The van der Waals surface area contributed by atoms with Gasteiger partial charge in [0.25, 0.3) is 0 Å². The van der Waals surface area contributed by atoms with Crippen LogP contribution in [-0.4, -0.2) is 0 Å². The van der Waals surface area contributed by atoms with Crippen LogP contribution in [0.5, 0.6) is 0 Å². The van der Waals surface area contributed by atoms with Gasteiger partial charge in [0.05, 0.1) is 34.1 Å². The molecule has 4 heteroatoms. The van der Waals surface area contributed by atoms with Gasteiger partial charge in [-0.05, 0) is 165 Å². The molecule has 0 spiro atoms. The van der Waals surface area contributed by atoms with Crippen LogP contribution in [0.2, 0.25) is 0 Å². The fourth-order valence-electron chi connectivity index (χ4n) is 16.1. The molecule has 0 aliphatic heterocycles. The number of nitrogens with zero attached hydrogens (tertiary/aromatic N) is 2. The van der Waals surface area contributed by atoms with Gasteiger partial charge in [-0.3, -0.25) is 0 Å². The number of allylic oxidation sites excluding steroid dienone is 2. The molecular weight excluding hydrogens is 1090 g/mol. The lowest BCUT2D eigenvalue weighted by molar-refractivity contribution is 0.566. The molecule has 90 heavy (non-hydrogen) atoms. The number of fused-ring (bicyclic) bond motifs is 6. The molecule has 0 N–H and O–H groups in total. The Kier molecular flexibility index (Phi) is 12.7. The predicted molar refractivity (Wildman–Crippen MR) is 378 cm³/mol. The van der Waals surface area contributed by atoms with Crippen molar-refractivity contribution in [1.82, 2.24) is 0 Å². The van der Waals surface area contributed by atoms with E-state index in [1.54, 1.807) is 0 Å². The summed E-state index contributed by atoms with van der Waals surface area (Å²) >= 11 is 0. The number of rotatable bonds is 12. The summed E-state index contributed by atoms with van der Waals surface area (Å²) in [5.41, 5.74) is 22.5. The summed E-state index contributed by atoms with van der Waals surface area (Å²) in [6.45, 7) is 0. The number of aryl methyl sites for hydroxylation is 1. The van der Waals surface area contributed by atoms with E-state index in [1.165, 1.54) is 117 Å². The minimum Gasteiger partial charge on any atom is -0.454 e. The van der Waals surface area contributed by atoms with Gasteiger partial charge in [-0.2, -0.15) is 0 Å². The first kappa shape index (κ1) is 52.7. The number of anilines is 6. The van der Waals surface area contributed by atoms with Crippen molar-refractivity contribution in [3.63, 3.8) is 0 Å². The molecule has 2 aromatic heterocycles. The van der Waals surface area contributed by atoms with Gasteiger partial charge < -0.3 is 18.6 Å². The van der Waals surface area contributed by atoms with Gasteiger partial charge in [0.2, 0.25) is 0 Å². The van der Waals surface area contributed by atoms with Crippen molar-refractivity contribution in [2.24, 2.45) is 5.92 Å². The van der Waals surface area contributed by atoms with Crippen LogP contribution in [0.1, 0.15) is 80.6 Å². The minimum atomic E-state index is 0.491. The Bertz CT molecular complexity index is 5260. The summed E-state index contributed by atoms with van der Waals surface area (Å²) in [6, 6.07) is 96.9. The van der Waals surface area contributed by atoms with E-state index in [1.807, 2.05) is 0 Å². The maximum absolute atomic E-state index is 7.49. The molecule has 2 saturated carbocycles. The van der Waals surface area contributed by atoms with Crippen molar-refractivity contribution in [2.45, 2.75) is 70.1 Å². The molecule has 0 bridgehead atoms. The normalized spacial score (nSPS) is 14.6. The zero-order valence-electron chi connectivity index (χ0n) is 50.3. The number of hydrogen-bond donors (Lipinski definition) is 0. The van der Waals surface area contributed by atoms with Crippen LogP contribution in [-0.2, 0) is 6.42 Å². The zero-order valence-corrected chi connectivity index (χ0v) is 50.3. The fourth-order valence-corrected chi connectivity index (χ4v) is 16.1. The lowest BCUT2D eigenvalue weighted by atomic mass is 9.87. The van der Waals surface area contributed by atoms with Crippen LogP contribution in [0.4, 0.5) is 34.1 Å². The molecule has 3 aliphatic carbocycles. The molecule has 0 amide bonds. The standard InChI is InChI=1S/C86H66N2O2/c1-5-21-55(22-6-1)63-45-51-77(73(53-63)59-25-9-3-10-26-59)87(79-39-19-37-69-67-35-17-33-65(57-29-13-14-30-57)83(67)89-85(69)79)75-49-43-61-42-48-72-76(50-44-62-41-47-71(75)81(61)82(62)72)88(78-52-46-64(56-23-7-2-8-24-56)54-74(78)60-27-11-4-12-28-60)80-40-20-38-70-68-36-18-34-66(58-31-15-16-32-58)84(68)90-86(70)80/h1-12,17,19-28,33-35,37-54,57-58H,13-16,18,29-32,36H2. The molecule has 18 rings (SSSR count). The molecule has 0 unspecified atom stereocenters. The first-order valence-electron chi connectivity index (χ1n) is 32.7. The third-order valence-corrected chi connectivity index (χ3v) is 20.4. The van der Waals surface area contributed by atoms with E-state index in [9.17, 15) is 0 Å². The number of para-hydroxylation sites is 3. The van der Waals surface area contributed by atoms with Crippen molar-refractivity contribution in [3.05, 3.63) is 284 Å². The Morgan fingerprint density at radius 3 is 1.29 bits per heavy atom. The van der Waals surface area contributed by atoms with Crippen molar-refractivity contribution in [2.75, 3.05) is 9.80 Å². The Labute approximate surface area is 524 Å². The summed E-state index contributed by atoms with van der Waals surface area (Å²) < 4.78 is 14.9. The summed E-state index contributed by atoms with van der Waals surface area (Å²) in [5.74, 6) is 2.13. The maximum atomic E-state index is 7.49. The van der Waals surface area contributed by atoms with Crippen LogP contribution in [0.3, 0.4) is 0 Å². The highest BCUT2D eigenvalue weighted by Crippen LogP contribution is 2.55. The highest BCUT2D eigenvalue weighted by Gasteiger charge is 2.33. The van der Waals surface area contributed by atoms with E-state index in [2.05, 4.69) is 277 Å². The Morgan fingerprint density at radius 2 is 0.756 bits per heavy atom. The van der Waals surface area contributed by atoms with Crippen LogP contribution >= 0.6 is 0 Å². The summed E-state index contributed by atoms with van der Waals surface area (Å²) in [5, 5.41) is 10.6. The van der Waals surface area contributed by atoms with Crippen molar-refractivity contribution >= 4 is 105 Å². The fraction of sp³-hybridized carbons (Fsp3) is 0.140. The number of hydrogen-bond acceptors (Lipinski definition) is 4. The van der Waals surface area contributed by atoms with Crippen LogP contribution in [0.25, 0.3) is 115 Å². The topological polar surface area (TPSA) is 32.8 Å². The Balaban J connectivity index is 0.902. The van der Waals surface area contributed by atoms with Crippen molar-refractivity contribution in [1.29, 1.82) is 0 Å². The maximum Gasteiger partial charge on any atom is 0.159 e. The van der Waals surface area contributed by atoms with Crippen LogP contribution < -0.4 is 9.80 Å². The molecular formula is C86H66N2O2. The average molecular weight is 1160 g/mol. The summed E-state index contributed by atoms with van der Waals surface area (Å²) in [6.07, 6.45) is 14.4. The van der Waals surface area contributed by atoms with E-state index in [0.29, 0.717) is 11.8 Å². The molecule has 2 fully saturated rings. The largest absolute Gasteiger partial charge is 0.454 e. The van der Waals surface area contributed by atoms with E-state index in [0.717, 1.165) is 113 Å². The molecule has 0 atom stereocenters. The minimum absolute atomic E-state index is 0.491. The summed E-state index contributed by atoms with van der Waals surface area (Å²) in [7, 11) is 0. The van der Waals surface area contributed by atoms with Crippen molar-refractivity contribution < 1.29 is 8.83 Å². The van der Waals surface area contributed by atoms with Gasteiger partial charge in [-0.1, -0.05) is 244 Å². The molecule has 4 nitrogen and oxygen atoms in total. The molecule has 0 saturated heterocycles. The molecule has 15 aromatic rings. The van der Waals surface area contributed by atoms with E-state index in [4.69, 9.17) is 8.83 Å². The molecule has 2 heterocycles. The first-order chi connectivity index (χ1) is 44.7. The lowest BCUT2D eigenvalue weighted by Gasteiger charge is -2.31. The SMILES string of the molecule is C1=C(C2CCCC2)c2oc3c(N(c4ccc(-c5ccccc5)cc4-c4ccccc4)c4ccc5ccc6c(N(c7ccc(-c8ccccc8)cc7-c7ccccc7)c7cccc8c7oc7c(C9CCCC9)cccc78)ccc7ccc4c5c76)cccc3c2CC1. The van der Waals surface area contributed by atoms with Gasteiger partial charge in [-0.15, -0.1) is 0 Å². The number of benzene rings is 13. The third-order valence-electron chi connectivity index (χ3n) is 20.4. The Morgan fingerprint density at radius 1 is 0.311 bits per heavy atom. The quantitative estimate of drug-likeness (QED) is 0.114. The van der Waals surface area contributed by atoms with Crippen LogP contribution in [0, 0.1) is 5.92 Å². The van der Waals surface area contributed by atoms with Gasteiger partial charge in [0, 0.05) is 43.6 Å². The van der Waals surface area contributed by atoms with E-state index >= 15 is 0 Å². The zero-order chi connectivity index (χ0) is 59.2. The molecule has 13 aromatic carbocycles. The molecule has 432 valence electrons. The molecule has 3 aliphatic rings. The second kappa shape index (κ2) is 21.7. The monoisotopic (exact) mass is 1160 g/mol. The predicted octanol–water partition coefficient (Wildman–Crippen LogP) is 25.0. The second-order valence-corrected chi connectivity index (χ2v) is 25.4. The van der Waals surface area contributed by atoms with Gasteiger partial charge >= 0.3 is 0 Å². The summed E-state index contributed by atoms with van der Waals surface area (Å²) in [4.78, 5) is 5.05. The molecule has 0 radical (unpaired) electrons. The van der Waals surface area contributed by atoms with Crippen molar-refractivity contribution in [3.8, 4) is 44.5 Å². The Hall–Kier alpha value is -10.4.